The molecule has 0 saturated heterocycles. The molecule has 2 saturated carbocycles. The monoisotopic (exact) mass is 227 g/mol. The molecule has 0 aromatic carbocycles. The highest BCUT2D eigenvalue weighted by Crippen LogP contribution is 2.35. The Balaban J connectivity index is 1.95. The Kier molecular flexibility index (Phi) is 3.50. The second-order valence-corrected chi connectivity index (χ2v) is 5.17. The summed E-state index contributed by atoms with van der Waals surface area (Å²) < 4.78 is 0. The third-order valence-electron chi connectivity index (χ3n) is 4.30. The normalized spacial score (nSPS) is 39.4. The first kappa shape index (κ1) is 11.9. The highest BCUT2D eigenvalue weighted by molar-refractivity contribution is 5.72. The number of aliphatic hydroxyl groups is 1. The average molecular weight is 227 g/mol. The summed E-state index contributed by atoms with van der Waals surface area (Å²) in [6, 6.07) is 0.302. The van der Waals surface area contributed by atoms with Crippen LogP contribution in [0.1, 0.15) is 38.5 Å². The fraction of sp³-hybridized carbons (Fsp3) is 0.917. The van der Waals surface area contributed by atoms with Crippen molar-refractivity contribution in [2.75, 3.05) is 7.05 Å². The lowest BCUT2D eigenvalue weighted by molar-refractivity contribution is -0.150. The molecule has 2 aliphatic rings. The van der Waals surface area contributed by atoms with E-state index in [9.17, 15) is 9.90 Å². The van der Waals surface area contributed by atoms with Crippen LogP contribution in [-0.4, -0.2) is 46.3 Å². The zero-order chi connectivity index (χ0) is 11.7. The molecule has 0 spiro atoms. The summed E-state index contributed by atoms with van der Waals surface area (Å²) in [6.07, 6.45) is 5.58. The molecule has 2 N–H and O–H groups in total. The van der Waals surface area contributed by atoms with E-state index >= 15 is 0 Å². The maximum absolute atomic E-state index is 11.0. The molecule has 0 aromatic rings. The third kappa shape index (κ3) is 2.09. The zero-order valence-electron chi connectivity index (χ0n) is 9.80. The van der Waals surface area contributed by atoms with E-state index in [1.165, 1.54) is 0 Å². The number of carbonyl (C=O) groups is 1. The lowest BCUT2D eigenvalue weighted by atomic mass is 9.77. The van der Waals surface area contributed by atoms with Crippen LogP contribution < -0.4 is 0 Å². The van der Waals surface area contributed by atoms with Crippen molar-refractivity contribution in [3.63, 3.8) is 0 Å². The quantitative estimate of drug-likeness (QED) is 0.757. The van der Waals surface area contributed by atoms with Gasteiger partial charge in [-0.15, -0.1) is 0 Å². The van der Waals surface area contributed by atoms with E-state index in [0.717, 1.165) is 38.5 Å². The van der Waals surface area contributed by atoms with Crippen molar-refractivity contribution in [3.05, 3.63) is 0 Å². The van der Waals surface area contributed by atoms with Crippen LogP contribution in [0.5, 0.6) is 0 Å². The SMILES string of the molecule is CN(C1CCCCC1O)C1CCC1C(=O)O. The van der Waals surface area contributed by atoms with Gasteiger partial charge >= 0.3 is 5.97 Å². The Hall–Kier alpha value is -0.610. The predicted molar refractivity (Wildman–Crippen MR) is 60.2 cm³/mol. The van der Waals surface area contributed by atoms with E-state index in [4.69, 9.17) is 5.11 Å². The number of hydrogen-bond acceptors (Lipinski definition) is 3. The highest BCUT2D eigenvalue weighted by Gasteiger charge is 2.42. The molecule has 2 fully saturated rings. The highest BCUT2D eigenvalue weighted by atomic mass is 16.4. The van der Waals surface area contributed by atoms with E-state index in [1.807, 2.05) is 7.05 Å². The molecule has 4 nitrogen and oxygen atoms in total. The molecule has 4 atom stereocenters. The third-order valence-corrected chi connectivity index (χ3v) is 4.30. The van der Waals surface area contributed by atoms with Crippen molar-refractivity contribution < 1.29 is 15.0 Å². The van der Waals surface area contributed by atoms with Crippen LogP contribution in [0.3, 0.4) is 0 Å². The van der Waals surface area contributed by atoms with Gasteiger partial charge in [-0.3, -0.25) is 9.69 Å². The number of likely N-dealkylation sites (N-methyl/N-ethyl adjacent to an activating group) is 1. The van der Waals surface area contributed by atoms with E-state index in [2.05, 4.69) is 4.90 Å². The van der Waals surface area contributed by atoms with Crippen LogP contribution >= 0.6 is 0 Å². The molecule has 4 heteroatoms. The minimum Gasteiger partial charge on any atom is -0.481 e. The molecule has 2 rings (SSSR count). The number of nitrogens with zero attached hydrogens (tertiary/aromatic N) is 1. The second-order valence-electron chi connectivity index (χ2n) is 5.17. The summed E-state index contributed by atoms with van der Waals surface area (Å²) in [5.74, 6) is -0.910. The average Bonchev–Trinajstić information content (AvgIpc) is 2.15. The van der Waals surface area contributed by atoms with Crippen LogP contribution in [-0.2, 0) is 4.79 Å². The Morgan fingerprint density at radius 3 is 2.31 bits per heavy atom. The molecule has 0 bridgehead atoms. The van der Waals surface area contributed by atoms with Gasteiger partial charge in [-0.05, 0) is 32.7 Å². The van der Waals surface area contributed by atoms with Crippen molar-refractivity contribution in [2.24, 2.45) is 5.92 Å². The number of hydrogen-bond donors (Lipinski definition) is 2. The van der Waals surface area contributed by atoms with Crippen molar-refractivity contribution in [1.82, 2.24) is 4.90 Å². The van der Waals surface area contributed by atoms with Gasteiger partial charge < -0.3 is 10.2 Å². The molecule has 0 amide bonds. The number of carboxylic acid groups (broad SMARTS) is 1. The topological polar surface area (TPSA) is 60.8 Å². The summed E-state index contributed by atoms with van der Waals surface area (Å²) in [5, 5.41) is 19.0. The van der Waals surface area contributed by atoms with Crippen LogP contribution in [0, 0.1) is 5.92 Å². The first-order valence-electron chi connectivity index (χ1n) is 6.24. The molecular formula is C12H21NO3. The van der Waals surface area contributed by atoms with Crippen LogP contribution in [0.15, 0.2) is 0 Å². The first-order chi connectivity index (χ1) is 7.61. The standard InChI is InChI=1S/C12H21NO3/c1-13(9-7-6-8(9)12(15)16)10-4-2-3-5-11(10)14/h8-11,14H,2-7H2,1H3,(H,15,16). The molecule has 92 valence electrons. The van der Waals surface area contributed by atoms with Gasteiger partial charge in [0.15, 0.2) is 0 Å². The van der Waals surface area contributed by atoms with E-state index in [-0.39, 0.29) is 24.1 Å². The van der Waals surface area contributed by atoms with Gasteiger partial charge in [0, 0.05) is 12.1 Å². The zero-order valence-corrected chi connectivity index (χ0v) is 9.80. The maximum atomic E-state index is 11.0. The molecule has 2 aliphatic carbocycles. The Labute approximate surface area is 96.3 Å². The molecule has 4 unspecified atom stereocenters. The van der Waals surface area contributed by atoms with E-state index in [1.54, 1.807) is 0 Å². The molecule has 16 heavy (non-hydrogen) atoms. The van der Waals surface area contributed by atoms with E-state index < -0.39 is 5.97 Å². The molecular weight excluding hydrogens is 206 g/mol. The number of carboxylic acids is 1. The smallest absolute Gasteiger partial charge is 0.308 e. The van der Waals surface area contributed by atoms with Gasteiger partial charge in [0.1, 0.15) is 0 Å². The van der Waals surface area contributed by atoms with Gasteiger partial charge in [0.05, 0.1) is 12.0 Å². The summed E-state index contributed by atoms with van der Waals surface area (Å²) >= 11 is 0. The van der Waals surface area contributed by atoms with Crippen LogP contribution in [0.2, 0.25) is 0 Å². The lowest BCUT2D eigenvalue weighted by Gasteiger charge is -2.46. The van der Waals surface area contributed by atoms with Gasteiger partial charge in [-0.1, -0.05) is 12.8 Å². The molecule has 0 aromatic heterocycles. The van der Waals surface area contributed by atoms with Gasteiger partial charge in [0.25, 0.3) is 0 Å². The Bertz CT molecular complexity index is 269. The summed E-state index contributed by atoms with van der Waals surface area (Å²) in [7, 11) is 1.97. The van der Waals surface area contributed by atoms with E-state index in [0.29, 0.717) is 0 Å². The minimum absolute atomic E-state index is 0.134. The minimum atomic E-state index is -0.687. The number of rotatable bonds is 3. The van der Waals surface area contributed by atoms with Crippen molar-refractivity contribution in [2.45, 2.75) is 56.7 Å². The molecule has 0 heterocycles. The van der Waals surface area contributed by atoms with Crippen molar-refractivity contribution in [3.8, 4) is 0 Å². The van der Waals surface area contributed by atoms with Crippen molar-refractivity contribution in [1.29, 1.82) is 0 Å². The Morgan fingerprint density at radius 2 is 1.81 bits per heavy atom. The lowest BCUT2D eigenvalue weighted by Crippen LogP contribution is -2.55. The van der Waals surface area contributed by atoms with Crippen LogP contribution in [0.4, 0.5) is 0 Å². The van der Waals surface area contributed by atoms with Gasteiger partial charge in [0.2, 0.25) is 0 Å². The first-order valence-corrected chi connectivity index (χ1v) is 6.24. The summed E-state index contributed by atoms with van der Waals surface area (Å²) in [5.41, 5.74) is 0. The number of aliphatic carboxylic acids is 1. The fourth-order valence-electron chi connectivity index (χ4n) is 3.07. The largest absolute Gasteiger partial charge is 0.481 e. The van der Waals surface area contributed by atoms with Crippen LogP contribution in [0.25, 0.3) is 0 Å². The van der Waals surface area contributed by atoms with Crippen molar-refractivity contribution >= 4 is 5.97 Å². The molecule has 0 radical (unpaired) electrons. The second kappa shape index (κ2) is 4.72. The van der Waals surface area contributed by atoms with Gasteiger partial charge in [-0.2, -0.15) is 0 Å². The molecule has 0 aliphatic heterocycles. The number of aliphatic hydroxyl groups excluding tert-OH is 1. The van der Waals surface area contributed by atoms with Gasteiger partial charge in [-0.25, -0.2) is 0 Å². The summed E-state index contributed by atoms with van der Waals surface area (Å²) in [4.78, 5) is 13.1. The fourth-order valence-corrected chi connectivity index (χ4v) is 3.07. The Morgan fingerprint density at radius 1 is 1.12 bits per heavy atom. The summed E-state index contributed by atoms with van der Waals surface area (Å²) in [6.45, 7) is 0. The predicted octanol–water partition coefficient (Wildman–Crippen LogP) is 1.08. The maximum Gasteiger partial charge on any atom is 0.308 e.